The Hall–Kier alpha value is -1.38. The van der Waals surface area contributed by atoms with Crippen molar-refractivity contribution in [1.29, 1.82) is 0 Å². The zero-order valence-electron chi connectivity index (χ0n) is 12.9. The van der Waals surface area contributed by atoms with Gasteiger partial charge in [-0.3, -0.25) is 4.79 Å². The van der Waals surface area contributed by atoms with Crippen LogP contribution in [0.5, 0.6) is 5.75 Å². The molecular formula is C18H25FO2. The van der Waals surface area contributed by atoms with E-state index in [1.807, 2.05) is 0 Å². The SMILES string of the molecule is CCCCCCCCCC1CC(=O)c2ccc(F)cc2O1. The van der Waals surface area contributed by atoms with Gasteiger partial charge < -0.3 is 4.74 Å². The molecule has 3 heteroatoms. The molecule has 0 amide bonds. The van der Waals surface area contributed by atoms with E-state index in [-0.39, 0.29) is 17.7 Å². The van der Waals surface area contributed by atoms with E-state index in [0.717, 1.165) is 12.8 Å². The van der Waals surface area contributed by atoms with Gasteiger partial charge in [-0.15, -0.1) is 0 Å². The van der Waals surface area contributed by atoms with Crippen molar-refractivity contribution in [1.82, 2.24) is 0 Å². The highest BCUT2D eigenvalue weighted by molar-refractivity contribution is 5.99. The lowest BCUT2D eigenvalue weighted by Crippen LogP contribution is -2.26. The first-order valence-electron chi connectivity index (χ1n) is 8.20. The first kappa shape index (κ1) is 16.0. The van der Waals surface area contributed by atoms with Gasteiger partial charge in [-0.1, -0.05) is 45.4 Å². The summed E-state index contributed by atoms with van der Waals surface area (Å²) in [5.41, 5.74) is 0.521. The highest BCUT2D eigenvalue weighted by atomic mass is 19.1. The van der Waals surface area contributed by atoms with E-state index in [2.05, 4.69) is 6.92 Å². The molecule has 2 rings (SSSR count). The smallest absolute Gasteiger partial charge is 0.170 e. The average Bonchev–Trinajstić information content (AvgIpc) is 2.46. The number of Topliss-reactive ketones (excluding diaryl/α,β-unsaturated/α-hetero) is 1. The van der Waals surface area contributed by atoms with Crippen molar-refractivity contribution in [2.45, 2.75) is 70.8 Å². The van der Waals surface area contributed by atoms with Crippen LogP contribution in [0.1, 0.15) is 75.1 Å². The third kappa shape index (κ3) is 4.83. The number of hydrogen-bond donors (Lipinski definition) is 0. The molecule has 0 aliphatic carbocycles. The second kappa shape index (κ2) is 8.16. The maximum Gasteiger partial charge on any atom is 0.170 e. The van der Waals surface area contributed by atoms with Gasteiger partial charge in [-0.2, -0.15) is 0 Å². The van der Waals surface area contributed by atoms with Crippen LogP contribution in [0.3, 0.4) is 0 Å². The average molecular weight is 292 g/mol. The van der Waals surface area contributed by atoms with E-state index in [1.54, 1.807) is 0 Å². The zero-order valence-corrected chi connectivity index (χ0v) is 12.9. The van der Waals surface area contributed by atoms with E-state index in [1.165, 1.54) is 56.7 Å². The Morgan fingerprint density at radius 2 is 1.86 bits per heavy atom. The van der Waals surface area contributed by atoms with Crippen molar-refractivity contribution in [2.75, 3.05) is 0 Å². The summed E-state index contributed by atoms with van der Waals surface area (Å²) < 4.78 is 19.0. The monoisotopic (exact) mass is 292 g/mol. The summed E-state index contributed by atoms with van der Waals surface area (Å²) in [6.07, 6.45) is 9.96. The first-order valence-corrected chi connectivity index (χ1v) is 8.20. The molecule has 0 N–H and O–H groups in total. The highest BCUT2D eigenvalue weighted by Crippen LogP contribution is 2.30. The molecule has 1 aromatic carbocycles. The summed E-state index contributed by atoms with van der Waals surface area (Å²) in [4.78, 5) is 12.0. The van der Waals surface area contributed by atoms with Crippen LogP contribution in [-0.4, -0.2) is 11.9 Å². The van der Waals surface area contributed by atoms with Crippen LogP contribution >= 0.6 is 0 Å². The number of ketones is 1. The number of rotatable bonds is 8. The minimum atomic E-state index is -0.349. The van der Waals surface area contributed by atoms with Crippen molar-refractivity contribution in [3.8, 4) is 5.75 Å². The summed E-state index contributed by atoms with van der Waals surface area (Å²) in [6.45, 7) is 2.22. The molecule has 116 valence electrons. The Labute approximate surface area is 126 Å². The summed E-state index contributed by atoms with van der Waals surface area (Å²) in [5.74, 6) is 0.140. The van der Waals surface area contributed by atoms with E-state index < -0.39 is 0 Å². The molecule has 0 fully saturated rings. The third-order valence-electron chi connectivity index (χ3n) is 4.08. The summed E-state index contributed by atoms with van der Waals surface area (Å²) in [6, 6.07) is 4.16. The number of fused-ring (bicyclic) bond motifs is 1. The van der Waals surface area contributed by atoms with E-state index in [9.17, 15) is 9.18 Å². The number of unbranched alkanes of at least 4 members (excludes halogenated alkanes) is 6. The van der Waals surface area contributed by atoms with Crippen LogP contribution in [0.2, 0.25) is 0 Å². The molecule has 1 aliphatic heterocycles. The quantitative estimate of drug-likeness (QED) is 0.608. The van der Waals surface area contributed by atoms with Crippen LogP contribution in [0.15, 0.2) is 18.2 Å². The van der Waals surface area contributed by atoms with Gasteiger partial charge in [0.1, 0.15) is 17.7 Å². The van der Waals surface area contributed by atoms with Crippen molar-refractivity contribution in [2.24, 2.45) is 0 Å². The second-order valence-corrected chi connectivity index (χ2v) is 5.92. The Kier molecular flexibility index (Phi) is 6.21. The lowest BCUT2D eigenvalue weighted by atomic mass is 9.97. The molecule has 0 radical (unpaired) electrons. The summed E-state index contributed by atoms with van der Waals surface area (Å²) >= 11 is 0. The topological polar surface area (TPSA) is 26.3 Å². The molecule has 0 saturated carbocycles. The van der Waals surface area contributed by atoms with Gasteiger partial charge in [0.15, 0.2) is 5.78 Å². The Bertz CT molecular complexity index is 470. The Morgan fingerprint density at radius 3 is 2.62 bits per heavy atom. The van der Waals surface area contributed by atoms with Gasteiger partial charge in [0.05, 0.1) is 5.56 Å². The second-order valence-electron chi connectivity index (χ2n) is 5.92. The van der Waals surface area contributed by atoms with Crippen molar-refractivity contribution in [3.63, 3.8) is 0 Å². The number of carbonyl (C=O) groups is 1. The molecular weight excluding hydrogens is 267 g/mol. The molecule has 1 aromatic rings. The number of ether oxygens (including phenoxy) is 1. The Morgan fingerprint density at radius 1 is 1.14 bits per heavy atom. The summed E-state index contributed by atoms with van der Waals surface area (Å²) in [5, 5.41) is 0. The Balaban J connectivity index is 1.73. The predicted octanol–water partition coefficient (Wildman–Crippen LogP) is 5.30. The van der Waals surface area contributed by atoms with E-state index in [0.29, 0.717) is 17.7 Å². The fourth-order valence-electron chi connectivity index (χ4n) is 2.85. The molecule has 1 atom stereocenters. The van der Waals surface area contributed by atoms with Crippen LogP contribution < -0.4 is 4.74 Å². The van der Waals surface area contributed by atoms with Crippen molar-refractivity contribution < 1.29 is 13.9 Å². The highest BCUT2D eigenvalue weighted by Gasteiger charge is 2.26. The molecule has 21 heavy (non-hydrogen) atoms. The minimum Gasteiger partial charge on any atom is -0.489 e. The summed E-state index contributed by atoms with van der Waals surface area (Å²) in [7, 11) is 0. The molecule has 0 saturated heterocycles. The molecule has 1 unspecified atom stereocenters. The van der Waals surface area contributed by atoms with Crippen LogP contribution in [0, 0.1) is 5.82 Å². The molecule has 2 nitrogen and oxygen atoms in total. The zero-order chi connectivity index (χ0) is 15.1. The molecule has 1 heterocycles. The maximum absolute atomic E-state index is 13.2. The number of benzene rings is 1. The molecule has 1 aliphatic rings. The molecule has 0 spiro atoms. The van der Waals surface area contributed by atoms with Crippen LogP contribution in [0.4, 0.5) is 4.39 Å². The maximum atomic E-state index is 13.2. The van der Waals surface area contributed by atoms with E-state index >= 15 is 0 Å². The lowest BCUT2D eigenvalue weighted by molar-refractivity contribution is 0.0834. The minimum absolute atomic E-state index is 0.0733. The van der Waals surface area contributed by atoms with E-state index in [4.69, 9.17) is 4.74 Å². The van der Waals surface area contributed by atoms with Gasteiger partial charge in [0.25, 0.3) is 0 Å². The number of carbonyl (C=O) groups excluding carboxylic acids is 1. The fraction of sp³-hybridized carbons (Fsp3) is 0.611. The third-order valence-corrected chi connectivity index (χ3v) is 4.08. The van der Waals surface area contributed by atoms with Gasteiger partial charge >= 0.3 is 0 Å². The fourth-order valence-corrected chi connectivity index (χ4v) is 2.85. The largest absolute Gasteiger partial charge is 0.489 e. The lowest BCUT2D eigenvalue weighted by Gasteiger charge is -2.25. The molecule has 0 aromatic heterocycles. The normalized spacial score (nSPS) is 17.4. The van der Waals surface area contributed by atoms with Crippen LogP contribution in [0.25, 0.3) is 0 Å². The first-order chi connectivity index (χ1) is 10.2. The van der Waals surface area contributed by atoms with Gasteiger partial charge in [0, 0.05) is 12.5 Å². The number of halogens is 1. The van der Waals surface area contributed by atoms with Crippen molar-refractivity contribution in [3.05, 3.63) is 29.6 Å². The molecule has 0 bridgehead atoms. The number of hydrogen-bond acceptors (Lipinski definition) is 2. The van der Waals surface area contributed by atoms with Gasteiger partial charge in [0.2, 0.25) is 0 Å². The van der Waals surface area contributed by atoms with Gasteiger partial charge in [-0.25, -0.2) is 4.39 Å². The standard InChI is InChI=1S/C18H25FO2/c1-2-3-4-5-6-7-8-9-15-13-17(20)16-11-10-14(19)12-18(16)21-15/h10-12,15H,2-9,13H2,1H3. The van der Waals surface area contributed by atoms with Crippen molar-refractivity contribution >= 4 is 5.78 Å². The van der Waals surface area contributed by atoms with Crippen LogP contribution in [-0.2, 0) is 0 Å². The van der Waals surface area contributed by atoms with Gasteiger partial charge in [-0.05, 0) is 25.0 Å². The predicted molar refractivity (Wildman–Crippen MR) is 82.4 cm³/mol.